The number of benzene rings is 2. The molecule has 0 atom stereocenters. The van der Waals surface area contributed by atoms with E-state index in [0.717, 1.165) is 39.9 Å². The van der Waals surface area contributed by atoms with Crippen LogP contribution < -0.4 is 4.90 Å². The van der Waals surface area contributed by atoms with Crippen molar-refractivity contribution in [3.63, 3.8) is 0 Å². The molecule has 5 heteroatoms. The van der Waals surface area contributed by atoms with Gasteiger partial charge < -0.3 is 0 Å². The van der Waals surface area contributed by atoms with Crippen molar-refractivity contribution >= 4 is 22.6 Å². The number of nitrogens with zero attached hydrogens (tertiary/aromatic N) is 4. The number of hydrogen-bond donors (Lipinski definition) is 0. The summed E-state index contributed by atoms with van der Waals surface area (Å²) in [4.78, 5) is 15.5. The zero-order valence-electron chi connectivity index (χ0n) is 20.8. The van der Waals surface area contributed by atoms with Crippen LogP contribution >= 0.6 is 11.8 Å². The highest BCUT2D eigenvalue weighted by Gasteiger charge is 2.21. The SMILES string of the molecule is C=C1N=C(SCc2ccc(C)cc2)N(c2ccc(CCCCCC)cc2)C=C1Cc1cncnc1. The van der Waals surface area contributed by atoms with E-state index in [2.05, 4.69) is 90.0 Å². The number of hydrogen-bond acceptors (Lipinski definition) is 5. The minimum absolute atomic E-state index is 0.699. The van der Waals surface area contributed by atoms with Crippen LogP contribution in [0.15, 0.2) is 96.3 Å². The van der Waals surface area contributed by atoms with Crippen molar-refractivity contribution in [1.29, 1.82) is 0 Å². The maximum absolute atomic E-state index is 4.94. The molecule has 4 rings (SSSR count). The first kappa shape index (κ1) is 24.9. The molecule has 1 aliphatic heterocycles. The third kappa shape index (κ3) is 7.15. The number of anilines is 1. The zero-order chi connectivity index (χ0) is 24.5. The standard InChI is InChI=1S/C30H34N4S/c1-4-5-6-7-8-25-13-15-29(16-14-25)34-20-28(17-27-18-31-22-32-19-27)24(3)33-30(34)35-21-26-11-9-23(2)10-12-26/h9-16,18-20,22H,3-8,17,21H2,1-2H3. The van der Waals surface area contributed by atoms with Crippen LogP contribution in [0.5, 0.6) is 0 Å². The van der Waals surface area contributed by atoms with Crippen LogP contribution in [-0.4, -0.2) is 15.1 Å². The van der Waals surface area contributed by atoms with Crippen molar-refractivity contribution in [3.8, 4) is 0 Å². The van der Waals surface area contributed by atoms with E-state index in [1.807, 2.05) is 12.4 Å². The summed E-state index contributed by atoms with van der Waals surface area (Å²) in [6.45, 7) is 8.63. The van der Waals surface area contributed by atoms with Gasteiger partial charge in [-0.1, -0.05) is 86.5 Å². The molecule has 0 radical (unpaired) electrons. The minimum atomic E-state index is 0.699. The number of unbranched alkanes of at least 4 members (excludes halogenated alkanes) is 3. The lowest BCUT2D eigenvalue weighted by atomic mass is 10.0. The molecule has 0 saturated carbocycles. The van der Waals surface area contributed by atoms with Crippen LogP contribution in [0.1, 0.15) is 54.9 Å². The van der Waals surface area contributed by atoms with E-state index in [4.69, 9.17) is 4.99 Å². The minimum Gasteiger partial charge on any atom is -0.296 e. The normalized spacial score (nSPS) is 13.5. The van der Waals surface area contributed by atoms with Crippen LogP contribution in [-0.2, 0) is 18.6 Å². The molecule has 0 saturated heterocycles. The molecule has 180 valence electrons. The Morgan fingerprint density at radius 2 is 1.57 bits per heavy atom. The van der Waals surface area contributed by atoms with Crippen molar-refractivity contribution < 1.29 is 0 Å². The van der Waals surface area contributed by atoms with Crippen molar-refractivity contribution in [2.45, 2.75) is 58.1 Å². The monoisotopic (exact) mass is 482 g/mol. The molecular formula is C30H34N4S. The van der Waals surface area contributed by atoms with Crippen molar-refractivity contribution in [1.82, 2.24) is 9.97 Å². The Balaban J connectivity index is 1.54. The highest BCUT2D eigenvalue weighted by Crippen LogP contribution is 2.31. The van der Waals surface area contributed by atoms with Gasteiger partial charge in [-0.05, 0) is 54.2 Å². The van der Waals surface area contributed by atoms with E-state index in [1.54, 1.807) is 18.1 Å². The molecule has 4 nitrogen and oxygen atoms in total. The van der Waals surface area contributed by atoms with Gasteiger partial charge in [0.1, 0.15) is 6.33 Å². The molecule has 2 heterocycles. The van der Waals surface area contributed by atoms with Gasteiger partial charge in [0.15, 0.2) is 5.17 Å². The number of rotatable bonds is 10. The average molecular weight is 483 g/mol. The number of allylic oxidation sites excluding steroid dienone is 1. The van der Waals surface area contributed by atoms with Gasteiger partial charge in [-0.15, -0.1) is 0 Å². The molecule has 0 unspecified atom stereocenters. The smallest absolute Gasteiger partial charge is 0.173 e. The summed E-state index contributed by atoms with van der Waals surface area (Å²) in [5.74, 6) is 0.855. The lowest BCUT2D eigenvalue weighted by Gasteiger charge is -2.28. The quantitative estimate of drug-likeness (QED) is 0.278. The summed E-state index contributed by atoms with van der Waals surface area (Å²) in [6, 6.07) is 17.6. The molecule has 0 aliphatic carbocycles. The van der Waals surface area contributed by atoms with Crippen molar-refractivity contribution in [2.75, 3.05) is 4.90 Å². The fourth-order valence-corrected chi connectivity index (χ4v) is 4.97. The molecule has 35 heavy (non-hydrogen) atoms. The topological polar surface area (TPSA) is 41.4 Å². The fraction of sp³-hybridized carbons (Fsp3) is 0.300. The third-order valence-electron chi connectivity index (χ3n) is 6.12. The Hall–Kier alpha value is -3.18. The summed E-state index contributed by atoms with van der Waals surface area (Å²) in [6.07, 6.45) is 14.4. The first-order chi connectivity index (χ1) is 17.1. The number of aromatic nitrogens is 2. The molecule has 0 spiro atoms. The molecule has 3 aromatic rings. The first-order valence-electron chi connectivity index (χ1n) is 12.4. The Kier molecular flexibility index (Phi) is 8.90. The van der Waals surface area contributed by atoms with Crippen LogP contribution in [0.2, 0.25) is 0 Å². The van der Waals surface area contributed by atoms with E-state index >= 15 is 0 Å². The van der Waals surface area contributed by atoms with Gasteiger partial charge >= 0.3 is 0 Å². The lowest BCUT2D eigenvalue weighted by Crippen LogP contribution is -2.27. The van der Waals surface area contributed by atoms with Crippen LogP contribution in [0.25, 0.3) is 0 Å². The summed E-state index contributed by atoms with van der Waals surface area (Å²) >= 11 is 1.74. The maximum Gasteiger partial charge on any atom is 0.173 e. The summed E-state index contributed by atoms with van der Waals surface area (Å²) in [5, 5.41) is 0.944. The van der Waals surface area contributed by atoms with Crippen molar-refractivity contribution in [2.24, 2.45) is 4.99 Å². The third-order valence-corrected chi connectivity index (χ3v) is 7.15. The largest absolute Gasteiger partial charge is 0.296 e. The van der Waals surface area contributed by atoms with E-state index in [0.29, 0.717) is 6.42 Å². The predicted octanol–water partition coefficient (Wildman–Crippen LogP) is 7.66. The lowest BCUT2D eigenvalue weighted by molar-refractivity contribution is 0.667. The predicted molar refractivity (Wildman–Crippen MR) is 150 cm³/mol. The van der Waals surface area contributed by atoms with Gasteiger partial charge in [0.25, 0.3) is 0 Å². The second kappa shape index (κ2) is 12.5. The van der Waals surface area contributed by atoms with E-state index in [-0.39, 0.29) is 0 Å². The second-order valence-electron chi connectivity index (χ2n) is 9.04. The highest BCUT2D eigenvalue weighted by molar-refractivity contribution is 8.13. The molecule has 2 aromatic carbocycles. The van der Waals surface area contributed by atoms with Crippen molar-refractivity contribution in [3.05, 3.63) is 114 Å². The fourth-order valence-electron chi connectivity index (χ4n) is 4.01. The molecule has 0 bridgehead atoms. The highest BCUT2D eigenvalue weighted by atomic mass is 32.2. The molecule has 1 aromatic heterocycles. The number of aliphatic imine (C=N–C) groups is 1. The van der Waals surface area contributed by atoms with Gasteiger partial charge in [-0.25, -0.2) is 15.0 Å². The molecule has 1 aliphatic rings. The number of amidine groups is 1. The van der Waals surface area contributed by atoms with Gasteiger partial charge in [0.2, 0.25) is 0 Å². The van der Waals surface area contributed by atoms with Crippen LogP contribution in [0.4, 0.5) is 5.69 Å². The van der Waals surface area contributed by atoms with Crippen LogP contribution in [0.3, 0.4) is 0 Å². The number of aryl methyl sites for hydroxylation is 2. The van der Waals surface area contributed by atoms with Gasteiger partial charge in [-0.3, -0.25) is 4.90 Å². The molecule has 0 amide bonds. The molecule has 0 N–H and O–H groups in total. The molecular weight excluding hydrogens is 448 g/mol. The average Bonchev–Trinajstić information content (AvgIpc) is 2.89. The summed E-state index contributed by atoms with van der Waals surface area (Å²) < 4.78 is 0. The van der Waals surface area contributed by atoms with Gasteiger partial charge in [-0.2, -0.15) is 0 Å². The van der Waals surface area contributed by atoms with E-state index in [1.165, 1.54) is 42.4 Å². The van der Waals surface area contributed by atoms with Gasteiger partial charge in [0, 0.05) is 36.5 Å². The van der Waals surface area contributed by atoms with E-state index < -0.39 is 0 Å². The number of thioether (sulfide) groups is 1. The Labute approximate surface area is 213 Å². The summed E-state index contributed by atoms with van der Waals surface area (Å²) in [5.41, 5.74) is 7.98. The van der Waals surface area contributed by atoms with Gasteiger partial charge in [0.05, 0.1) is 5.70 Å². The Morgan fingerprint density at radius 1 is 0.857 bits per heavy atom. The zero-order valence-corrected chi connectivity index (χ0v) is 21.6. The maximum atomic E-state index is 4.94. The molecule has 0 fully saturated rings. The van der Waals surface area contributed by atoms with E-state index in [9.17, 15) is 0 Å². The second-order valence-corrected chi connectivity index (χ2v) is 9.98. The van der Waals surface area contributed by atoms with Crippen LogP contribution in [0, 0.1) is 6.92 Å². The Morgan fingerprint density at radius 3 is 2.29 bits per heavy atom. The summed E-state index contributed by atoms with van der Waals surface area (Å²) in [7, 11) is 0. The first-order valence-corrected chi connectivity index (χ1v) is 13.4. The Bertz CT molecular complexity index is 1170.